The third-order valence-corrected chi connectivity index (χ3v) is 9.80. The summed E-state index contributed by atoms with van der Waals surface area (Å²) in [7, 11) is 0. The minimum absolute atomic E-state index is 0.103. The first-order chi connectivity index (χ1) is 16.9. The smallest absolute Gasteiger partial charge is 0.112 e. The lowest BCUT2D eigenvalue weighted by Gasteiger charge is -2.56. The highest BCUT2D eigenvalue weighted by molar-refractivity contribution is 5.83. The van der Waals surface area contributed by atoms with Crippen molar-refractivity contribution in [2.45, 2.75) is 104 Å². The van der Waals surface area contributed by atoms with Crippen molar-refractivity contribution in [3.63, 3.8) is 0 Å². The van der Waals surface area contributed by atoms with E-state index < -0.39 is 0 Å². The van der Waals surface area contributed by atoms with Gasteiger partial charge in [-0.1, -0.05) is 95.3 Å². The molecule has 2 aliphatic carbocycles. The Balaban J connectivity index is 1.65. The van der Waals surface area contributed by atoms with Gasteiger partial charge in [-0.15, -0.1) is 0 Å². The maximum Gasteiger partial charge on any atom is 0.112 e. The van der Waals surface area contributed by atoms with E-state index in [0.717, 1.165) is 11.8 Å². The number of fused-ring (bicyclic) bond motifs is 3. The molecule has 2 unspecified atom stereocenters. The van der Waals surface area contributed by atoms with Gasteiger partial charge >= 0.3 is 0 Å². The molecule has 2 saturated carbocycles. The fourth-order valence-corrected chi connectivity index (χ4v) is 8.59. The molecule has 2 atom stereocenters. The number of benzene rings is 2. The van der Waals surface area contributed by atoms with Gasteiger partial charge in [0.1, 0.15) is 6.17 Å². The molecule has 0 bridgehead atoms. The summed E-state index contributed by atoms with van der Waals surface area (Å²) in [6, 6.07) is 18.6. The Labute approximate surface area is 213 Å². The van der Waals surface area contributed by atoms with E-state index in [1.165, 1.54) is 86.0 Å². The van der Waals surface area contributed by atoms with Crippen LogP contribution in [0.5, 0.6) is 0 Å². The van der Waals surface area contributed by atoms with E-state index in [1.54, 1.807) is 5.56 Å². The Bertz CT molecular complexity index is 1130. The van der Waals surface area contributed by atoms with Gasteiger partial charge in [-0.05, 0) is 68.6 Å². The van der Waals surface area contributed by atoms with Crippen molar-refractivity contribution in [3.8, 4) is 0 Å². The molecule has 0 saturated heterocycles. The number of rotatable bonds is 3. The molecule has 2 aliphatic heterocycles. The van der Waals surface area contributed by atoms with E-state index in [2.05, 4.69) is 92.9 Å². The highest BCUT2D eigenvalue weighted by atomic mass is 15.5. The van der Waals surface area contributed by atoms with Crippen molar-refractivity contribution >= 4 is 11.4 Å². The van der Waals surface area contributed by atoms with Gasteiger partial charge in [0.2, 0.25) is 0 Å². The monoisotopic (exact) mass is 468 g/mol. The first-order valence-corrected chi connectivity index (χ1v) is 14.3. The van der Waals surface area contributed by atoms with Crippen LogP contribution in [0.2, 0.25) is 0 Å². The summed E-state index contributed by atoms with van der Waals surface area (Å²) in [5.41, 5.74) is 9.14. The van der Waals surface area contributed by atoms with Crippen LogP contribution in [0.3, 0.4) is 0 Å². The van der Waals surface area contributed by atoms with Gasteiger partial charge in [-0.3, -0.25) is 0 Å². The minimum atomic E-state index is 0.103. The predicted molar refractivity (Wildman–Crippen MR) is 148 cm³/mol. The summed E-state index contributed by atoms with van der Waals surface area (Å²) in [6.07, 6.45) is 12.9. The summed E-state index contributed by atoms with van der Waals surface area (Å²) < 4.78 is 0. The maximum absolute atomic E-state index is 3.03. The molecule has 35 heavy (non-hydrogen) atoms. The zero-order valence-electron chi connectivity index (χ0n) is 22.6. The number of anilines is 1. The SMILES string of the molecule is CC1=C2c3ccccc3C(C3CCCCC3)(C3CCCC3)N2C(C(C)(C)C)N1c1ccccc1C. The molecule has 0 amide bonds. The molecule has 2 nitrogen and oxygen atoms in total. The fourth-order valence-electron chi connectivity index (χ4n) is 8.59. The normalized spacial score (nSPS) is 27.6. The van der Waals surface area contributed by atoms with Gasteiger partial charge in [-0.25, -0.2) is 0 Å². The molecule has 2 aromatic carbocycles. The van der Waals surface area contributed by atoms with E-state index in [-0.39, 0.29) is 11.0 Å². The van der Waals surface area contributed by atoms with Crippen LogP contribution in [0.1, 0.15) is 102 Å². The molecule has 0 N–H and O–H groups in total. The molecule has 2 aromatic rings. The predicted octanol–water partition coefficient (Wildman–Crippen LogP) is 8.86. The summed E-state index contributed by atoms with van der Waals surface area (Å²) >= 11 is 0. The Kier molecular flexibility index (Phi) is 5.58. The molecular formula is C33H44N2. The zero-order valence-corrected chi connectivity index (χ0v) is 22.6. The van der Waals surface area contributed by atoms with Crippen LogP contribution in [-0.4, -0.2) is 11.1 Å². The lowest BCUT2D eigenvalue weighted by Crippen LogP contribution is -2.60. The molecule has 0 radical (unpaired) electrons. The second-order valence-corrected chi connectivity index (χ2v) is 12.9. The molecule has 0 spiro atoms. The minimum Gasteiger partial charge on any atom is -0.338 e. The summed E-state index contributed by atoms with van der Waals surface area (Å²) in [6.45, 7) is 12.1. The summed E-state index contributed by atoms with van der Waals surface area (Å²) in [4.78, 5) is 5.76. The van der Waals surface area contributed by atoms with Crippen molar-refractivity contribution in [1.29, 1.82) is 0 Å². The Hall–Kier alpha value is -2.22. The molecule has 2 heteroatoms. The first-order valence-electron chi connectivity index (χ1n) is 14.3. The van der Waals surface area contributed by atoms with Crippen LogP contribution in [0, 0.1) is 24.2 Å². The number of hydrogen-bond acceptors (Lipinski definition) is 2. The van der Waals surface area contributed by atoms with Gasteiger partial charge in [0, 0.05) is 22.4 Å². The number of hydrogen-bond donors (Lipinski definition) is 0. The van der Waals surface area contributed by atoms with E-state index in [9.17, 15) is 0 Å². The van der Waals surface area contributed by atoms with Crippen molar-refractivity contribution < 1.29 is 0 Å². The van der Waals surface area contributed by atoms with Crippen molar-refractivity contribution in [3.05, 3.63) is 70.9 Å². The number of allylic oxidation sites excluding steroid dienone is 1. The van der Waals surface area contributed by atoms with Gasteiger partial charge in [0.25, 0.3) is 0 Å². The van der Waals surface area contributed by atoms with Crippen molar-refractivity contribution in [1.82, 2.24) is 4.90 Å². The lowest BCUT2D eigenvalue weighted by atomic mass is 9.63. The summed E-state index contributed by atoms with van der Waals surface area (Å²) in [5, 5.41) is 0. The molecular weight excluding hydrogens is 424 g/mol. The van der Waals surface area contributed by atoms with Crippen LogP contribution in [0.25, 0.3) is 5.70 Å². The van der Waals surface area contributed by atoms with Gasteiger partial charge < -0.3 is 9.80 Å². The van der Waals surface area contributed by atoms with Gasteiger partial charge in [0.05, 0.1) is 11.2 Å². The molecule has 6 rings (SSSR count). The highest BCUT2D eigenvalue weighted by Crippen LogP contribution is 2.65. The third-order valence-electron chi connectivity index (χ3n) is 9.80. The van der Waals surface area contributed by atoms with Crippen LogP contribution < -0.4 is 4.90 Å². The second-order valence-electron chi connectivity index (χ2n) is 12.9. The maximum atomic E-state index is 3.03. The van der Waals surface area contributed by atoms with Crippen LogP contribution in [0.4, 0.5) is 5.69 Å². The molecule has 0 aromatic heterocycles. The quantitative estimate of drug-likeness (QED) is 0.444. The number of nitrogens with zero attached hydrogens (tertiary/aromatic N) is 2. The fraction of sp³-hybridized carbons (Fsp3) is 0.576. The first kappa shape index (κ1) is 23.2. The van der Waals surface area contributed by atoms with E-state index in [4.69, 9.17) is 0 Å². The average molecular weight is 469 g/mol. The Morgan fingerprint density at radius 2 is 1.31 bits per heavy atom. The highest BCUT2D eigenvalue weighted by Gasteiger charge is 2.63. The molecule has 186 valence electrons. The van der Waals surface area contributed by atoms with Crippen LogP contribution in [-0.2, 0) is 5.54 Å². The van der Waals surface area contributed by atoms with Crippen molar-refractivity contribution in [2.24, 2.45) is 17.3 Å². The standard InChI is InChI=1S/C33H44N2/c1-23-15-9-14-22-29(23)34-24(2)30-27-20-12-13-21-28(27)33(26-18-10-11-19-26,25-16-7-6-8-17-25)35(30)31(34)32(3,4)5/h9,12-15,20-22,25-26,31H,6-8,10-11,16-19H2,1-5H3. The largest absolute Gasteiger partial charge is 0.338 e. The second kappa shape index (κ2) is 8.43. The summed E-state index contributed by atoms with van der Waals surface area (Å²) in [5.74, 6) is 1.49. The van der Waals surface area contributed by atoms with E-state index >= 15 is 0 Å². The van der Waals surface area contributed by atoms with Crippen LogP contribution in [0.15, 0.2) is 54.2 Å². The Morgan fingerprint density at radius 1 is 0.743 bits per heavy atom. The molecule has 2 heterocycles. The van der Waals surface area contributed by atoms with Crippen molar-refractivity contribution in [2.75, 3.05) is 4.90 Å². The van der Waals surface area contributed by atoms with Gasteiger partial charge in [-0.2, -0.15) is 0 Å². The van der Waals surface area contributed by atoms with E-state index in [1.807, 2.05) is 0 Å². The topological polar surface area (TPSA) is 6.48 Å². The number of para-hydroxylation sites is 1. The number of aryl methyl sites for hydroxylation is 1. The van der Waals surface area contributed by atoms with Crippen LogP contribution >= 0.6 is 0 Å². The average Bonchev–Trinajstić information content (AvgIpc) is 3.55. The molecule has 2 fully saturated rings. The Morgan fingerprint density at radius 3 is 1.94 bits per heavy atom. The van der Waals surface area contributed by atoms with Gasteiger partial charge in [0.15, 0.2) is 0 Å². The molecule has 4 aliphatic rings. The lowest BCUT2D eigenvalue weighted by molar-refractivity contribution is -0.0323. The zero-order chi connectivity index (χ0) is 24.4. The third kappa shape index (κ3) is 3.27. The van der Waals surface area contributed by atoms with E-state index in [0.29, 0.717) is 6.17 Å².